The van der Waals surface area contributed by atoms with Gasteiger partial charge >= 0.3 is 17.9 Å². The van der Waals surface area contributed by atoms with Crippen LogP contribution in [0.2, 0.25) is 0 Å². The molecule has 0 fully saturated rings. The second kappa shape index (κ2) is 49.3. The number of esters is 3. The zero-order valence-corrected chi connectivity index (χ0v) is 40.0. The number of carbonyl (C=O) groups excluding carboxylic acids is 3. The van der Waals surface area contributed by atoms with Gasteiger partial charge in [0.2, 0.25) is 0 Å². The molecule has 6 nitrogen and oxygen atoms in total. The van der Waals surface area contributed by atoms with Gasteiger partial charge in [-0.3, -0.25) is 14.4 Å². The molecule has 1 unspecified atom stereocenters. The first-order valence-corrected chi connectivity index (χ1v) is 26.0. The lowest BCUT2D eigenvalue weighted by atomic mass is 10.0. The topological polar surface area (TPSA) is 78.9 Å². The summed E-state index contributed by atoms with van der Waals surface area (Å²) < 4.78 is 16.8. The maximum Gasteiger partial charge on any atom is 0.306 e. The first-order valence-electron chi connectivity index (χ1n) is 26.0. The van der Waals surface area contributed by atoms with Crippen molar-refractivity contribution in [1.29, 1.82) is 0 Å². The highest BCUT2D eigenvalue weighted by atomic mass is 16.6. The highest BCUT2D eigenvalue weighted by molar-refractivity contribution is 5.71. The average molecular weight is 843 g/mol. The van der Waals surface area contributed by atoms with Gasteiger partial charge in [0.15, 0.2) is 6.10 Å². The van der Waals surface area contributed by atoms with E-state index in [-0.39, 0.29) is 31.1 Å². The van der Waals surface area contributed by atoms with Crippen LogP contribution in [0.1, 0.15) is 271 Å². The minimum Gasteiger partial charge on any atom is -0.462 e. The van der Waals surface area contributed by atoms with Crippen molar-refractivity contribution in [3.05, 3.63) is 36.5 Å². The molecule has 0 bridgehead atoms. The highest BCUT2D eigenvalue weighted by Gasteiger charge is 2.19. The standard InChI is InChI=1S/C54H98O6/c1-4-7-10-13-16-19-22-24-25-26-27-28-29-31-32-35-38-41-44-47-53(56)59-50-51(49-58-52(55)46-43-40-37-34-21-18-15-12-9-6-3)60-54(57)48-45-42-39-36-33-30-23-20-17-14-11-8-5-2/h8,11,14,17,20,23,51H,4-7,9-10,12-13,15-16,18-19,21-22,24-50H2,1-3H3/b11-8-,17-14-,23-20-. The molecule has 6 heteroatoms. The molecule has 350 valence electrons. The van der Waals surface area contributed by atoms with Gasteiger partial charge in [-0.1, -0.05) is 250 Å². The largest absolute Gasteiger partial charge is 0.462 e. The third-order valence-electron chi connectivity index (χ3n) is 11.5. The van der Waals surface area contributed by atoms with Crippen molar-refractivity contribution in [3.8, 4) is 0 Å². The molecule has 0 aromatic rings. The van der Waals surface area contributed by atoms with Gasteiger partial charge in [0, 0.05) is 19.3 Å². The molecule has 0 radical (unpaired) electrons. The molecule has 0 saturated carbocycles. The molecule has 60 heavy (non-hydrogen) atoms. The number of ether oxygens (including phenoxy) is 3. The molecule has 0 aromatic carbocycles. The summed E-state index contributed by atoms with van der Waals surface area (Å²) in [6.07, 6.45) is 57.1. The van der Waals surface area contributed by atoms with E-state index in [0.29, 0.717) is 19.3 Å². The minimum atomic E-state index is -0.776. The van der Waals surface area contributed by atoms with Crippen molar-refractivity contribution >= 4 is 17.9 Å². The van der Waals surface area contributed by atoms with Crippen LogP contribution in [0.4, 0.5) is 0 Å². The molecule has 0 heterocycles. The molecule has 1 atom stereocenters. The van der Waals surface area contributed by atoms with E-state index in [1.165, 1.54) is 148 Å². The van der Waals surface area contributed by atoms with Crippen molar-refractivity contribution in [3.63, 3.8) is 0 Å². The zero-order chi connectivity index (χ0) is 43.7. The van der Waals surface area contributed by atoms with Gasteiger partial charge in [0.1, 0.15) is 13.2 Å². The molecular formula is C54H98O6. The minimum absolute atomic E-state index is 0.0766. The van der Waals surface area contributed by atoms with Crippen LogP contribution in [0.15, 0.2) is 36.5 Å². The summed E-state index contributed by atoms with van der Waals surface area (Å²) in [7, 11) is 0. The van der Waals surface area contributed by atoms with Crippen LogP contribution in [0.5, 0.6) is 0 Å². The van der Waals surface area contributed by atoms with Crippen LogP contribution in [0, 0.1) is 0 Å². The van der Waals surface area contributed by atoms with E-state index in [1.54, 1.807) is 0 Å². The van der Waals surface area contributed by atoms with E-state index in [4.69, 9.17) is 14.2 Å². The monoisotopic (exact) mass is 843 g/mol. The fourth-order valence-corrected chi connectivity index (χ4v) is 7.56. The first kappa shape index (κ1) is 57.6. The molecule has 0 rings (SSSR count). The van der Waals surface area contributed by atoms with Gasteiger partial charge in [-0.15, -0.1) is 0 Å². The smallest absolute Gasteiger partial charge is 0.306 e. The maximum absolute atomic E-state index is 12.8. The predicted octanol–water partition coefficient (Wildman–Crippen LogP) is 16.9. The summed E-state index contributed by atoms with van der Waals surface area (Å²) in [4.78, 5) is 37.9. The van der Waals surface area contributed by atoms with Gasteiger partial charge in [-0.05, 0) is 38.5 Å². The van der Waals surface area contributed by atoms with Crippen LogP contribution < -0.4 is 0 Å². The third kappa shape index (κ3) is 46.7. The quantitative estimate of drug-likeness (QED) is 0.0263. The van der Waals surface area contributed by atoms with E-state index >= 15 is 0 Å². The molecule has 0 spiro atoms. The van der Waals surface area contributed by atoms with Crippen LogP contribution in [0.3, 0.4) is 0 Å². The average Bonchev–Trinajstić information content (AvgIpc) is 3.24. The molecule has 0 aliphatic carbocycles. The van der Waals surface area contributed by atoms with Crippen LogP contribution in [0.25, 0.3) is 0 Å². The Hall–Kier alpha value is -2.37. The van der Waals surface area contributed by atoms with Crippen LogP contribution >= 0.6 is 0 Å². The number of carbonyl (C=O) groups is 3. The first-order chi connectivity index (χ1) is 29.5. The molecule has 0 aromatic heterocycles. The molecule has 0 aliphatic rings. The van der Waals surface area contributed by atoms with Gasteiger partial charge < -0.3 is 14.2 Å². The Morgan fingerprint density at radius 1 is 0.350 bits per heavy atom. The lowest BCUT2D eigenvalue weighted by molar-refractivity contribution is -0.167. The number of hydrogen-bond donors (Lipinski definition) is 0. The van der Waals surface area contributed by atoms with Gasteiger partial charge in [-0.25, -0.2) is 0 Å². The van der Waals surface area contributed by atoms with Crippen molar-refractivity contribution in [2.75, 3.05) is 13.2 Å². The van der Waals surface area contributed by atoms with E-state index < -0.39 is 6.10 Å². The molecule has 0 N–H and O–H groups in total. The lowest BCUT2D eigenvalue weighted by Crippen LogP contribution is -2.30. The summed E-state index contributed by atoms with van der Waals surface area (Å²) in [5, 5.41) is 0. The second-order valence-electron chi connectivity index (χ2n) is 17.5. The Labute approximate surface area is 372 Å². The third-order valence-corrected chi connectivity index (χ3v) is 11.5. The van der Waals surface area contributed by atoms with E-state index in [9.17, 15) is 14.4 Å². The summed E-state index contributed by atoms with van der Waals surface area (Å²) in [5.74, 6) is -0.887. The lowest BCUT2D eigenvalue weighted by Gasteiger charge is -2.18. The summed E-state index contributed by atoms with van der Waals surface area (Å²) in [6, 6.07) is 0. The van der Waals surface area contributed by atoms with Crippen LogP contribution in [-0.4, -0.2) is 37.2 Å². The maximum atomic E-state index is 12.8. The van der Waals surface area contributed by atoms with Crippen molar-refractivity contribution in [2.45, 2.75) is 277 Å². The Bertz CT molecular complexity index is 1020. The normalized spacial score (nSPS) is 12.2. The van der Waals surface area contributed by atoms with Crippen molar-refractivity contribution < 1.29 is 28.6 Å². The summed E-state index contributed by atoms with van der Waals surface area (Å²) in [5.41, 5.74) is 0. The summed E-state index contributed by atoms with van der Waals surface area (Å²) >= 11 is 0. The highest BCUT2D eigenvalue weighted by Crippen LogP contribution is 2.16. The van der Waals surface area contributed by atoms with Gasteiger partial charge in [-0.2, -0.15) is 0 Å². The number of rotatable bonds is 47. The van der Waals surface area contributed by atoms with E-state index in [0.717, 1.165) is 83.5 Å². The number of unbranched alkanes of at least 4 members (excludes halogenated alkanes) is 32. The van der Waals surface area contributed by atoms with Gasteiger partial charge in [0.25, 0.3) is 0 Å². The second-order valence-corrected chi connectivity index (χ2v) is 17.5. The SMILES string of the molecule is CC\C=C/C=C\C=C/CCCCCCCC(=O)OC(COC(=O)CCCCCCCCCCCC)COC(=O)CCCCCCCCCCCCCCCCCCCCC. The number of hydrogen-bond acceptors (Lipinski definition) is 6. The van der Waals surface area contributed by atoms with Gasteiger partial charge in [0.05, 0.1) is 0 Å². The Morgan fingerprint density at radius 3 is 1.00 bits per heavy atom. The van der Waals surface area contributed by atoms with Crippen molar-refractivity contribution in [2.24, 2.45) is 0 Å². The molecule has 0 aliphatic heterocycles. The van der Waals surface area contributed by atoms with Crippen LogP contribution in [-0.2, 0) is 28.6 Å². The molecule has 0 amide bonds. The molecular weight excluding hydrogens is 745 g/mol. The van der Waals surface area contributed by atoms with E-state index in [1.807, 2.05) is 0 Å². The fourth-order valence-electron chi connectivity index (χ4n) is 7.56. The molecule has 0 saturated heterocycles. The zero-order valence-electron chi connectivity index (χ0n) is 40.0. The Morgan fingerprint density at radius 2 is 0.650 bits per heavy atom. The Kier molecular flexibility index (Phi) is 47.3. The predicted molar refractivity (Wildman–Crippen MR) is 256 cm³/mol. The van der Waals surface area contributed by atoms with Crippen molar-refractivity contribution in [1.82, 2.24) is 0 Å². The summed E-state index contributed by atoms with van der Waals surface area (Å²) in [6.45, 7) is 6.50. The number of allylic oxidation sites excluding steroid dienone is 6. The fraction of sp³-hybridized carbons (Fsp3) is 0.833. The Balaban J connectivity index is 4.28. The van der Waals surface area contributed by atoms with E-state index in [2.05, 4.69) is 57.2 Å².